The van der Waals surface area contributed by atoms with Gasteiger partial charge in [-0.1, -0.05) is 23.7 Å². The Hall–Kier alpha value is -1.20. The topological polar surface area (TPSA) is 63.3 Å². The van der Waals surface area contributed by atoms with Gasteiger partial charge in [0.25, 0.3) is 5.91 Å². The van der Waals surface area contributed by atoms with Crippen LogP contribution in [0.25, 0.3) is 0 Å². The first-order valence-corrected chi connectivity index (χ1v) is 4.76. The van der Waals surface area contributed by atoms with Crippen molar-refractivity contribution in [3.05, 3.63) is 34.3 Å². The highest BCUT2D eigenvalue weighted by Gasteiger charge is 2.45. The fraction of sp³-hybridized carbons (Fsp3) is 0.300. The molecule has 1 atom stereocenters. The van der Waals surface area contributed by atoms with E-state index in [2.05, 4.69) is 5.73 Å². The van der Waals surface area contributed by atoms with Crippen LogP contribution in [0.3, 0.4) is 0 Å². The summed E-state index contributed by atoms with van der Waals surface area (Å²) in [6.45, 7) is 1.60. The number of carbonyl (C=O) groups is 1. The lowest BCUT2D eigenvalue weighted by Gasteiger charge is -2.20. The Kier molecular flexibility index (Phi) is 3.50. The highest BCUT2D eigenvalue weighted by molar-refractivity contribution is 6.31. The Morgan fingerprint density at radius 3 is 2.56 bits per heavy atom. The van der Waals surface area contributed by atoms with E-state index in [9.17, 15) is 18.7 Å². The zero-order valence-corrected chi connectivity index (χ0v) is 9.13. The zero-order valence-electron chi connectivity index (χ0n) is 8.38. The molecule has 0 aliphatic rings. The number of amides is 1. The first-order valence-electron chi connectivity index (χ1n) is 4.38. The van der Waals surface area contributed by atoms with Crippen LogP contribution in [0.5, 0.6) is 0 Å². The third-order valence-corrected chi connectivity index (χ3v) is 2.59. The molecule has 1 aromatic rings. The van der Waals surface area contributed by atoms with Gasteiger partial charge in [0, 0.05) is 5.02 Å². The molecule has 0 aliphatic heterocycles. The second-order valence-electron chi connectivity index (χ2n) is 3.40. The van der Waals surface area contributed by atoms with Gasteiger partial charge in [0.2, 0.25) is 0 Å². The summed E-state index contributed by atoms with van der Waals surface area (Å²) in [4.78, 5) is 10.5. The molecule has 1 aromatic carbocycles. The summed E-state index contributed by atoms with van der Waals surface area (Å²) in [5.41, 5.74) is 4.92. The second kappa shape index (κ2) is 4.35. The van der Waals surface area contributed by atoms with Crippen LogP contribution in [0.4, 0.5) is 8.78 Å². The molecule has 16 heavy (non-hydrogen) atoms. The van der Waals surface area contributed by atoms with Gasteiger partial charge in [0.15, 0.2) is 6.10 Å². The monoisotopic (exact) mass is 249 g/mol. The Labute approximate surface area is 95.8 Å². The van der Waals surface area contributed by atoms with E-state index in [0.717, 1.165) is 0 Å². The second-order valence-corrected chi connectivity index (χ2v) is 3.81. The number of aliphatic hydroxyl groups is 1. The minimum absolute atomic E-state index is 0.106. The smallest absolute Gasteiger partial charge is 0.353 e. The molecule has 0 bridgehead atoms. The maximum absolute atomic E-state index is 13.1. The van der Waals surface area contributed by atoms with Crippen LogP contribution in [-0.4, -0.2) is 16.9 Å². The van der Waals surface area contributed by atoms with Crippen molar-refractivity contribution in [2.24, 2.45) is 5.73 Å². The summed E-state index contributed by atoms with van der Waals surface area (Å²) >= 11 is 5.70. The van der Waals surface area contributed by atoms with Crippen LogP contribution in [0, 0.1) is 6.92 Å². The van der Waals surface area contributed by atoms with Crippen molar-refractivity contribution in [3.63, 3.8) is 0 Å². The fourth-order valence-corrected chi connectivity index (χ4v) is 1.30. The summed E-state index contributed by atoms with van der Waals surface area (Å²) in [5, 5.41) is 9.73. The van der Waals surface area contributed by atoms with E-state index in [1.54, 1.807) is 6.92 Å². The first-order chi connectivity index (χ1) is 7.26. The number of rotatable bonds is 3. The van der Waals surface area contributed by atoms with Crippen LogP contribution in [0.1, 0.15) is 17.2 Å². The summed E-state index contributed by atoms with van der Waals surface area (Å²) in [6.07, 6.45) is -2.26. The average molecular weight is 250 g/mol. The van der Waals surface area contributed by atoms with Crippen molar-refractivity contribution in [1.82, 2.24) is 0 Å². The Morgan fingerprint density at radius 2 is 2.12 bits per heavy atom. The molecule has 0 heterocycles. The van der Waals surface area contributed by atoms with E-state index < -0.39 is 17.9 Å². The van der Waals surface area contributed by atoms with Gasteiger partial charge in [0.05, 0.1) is 0 Å². The third-order valence-electron chi connectivity index (χ3n) is 2.17. The quantitative estimate of drug-likeness (QED) is 0.858. The number of aryl methyl sites for hydroxylation is 1. The predicted molar refractivity (Wildman–Crippen MR) is 55.3 cm³/mol. The number of hydrogen-bond acceptors (Lipinski definition) is 2. The van der Waals surface area contributed by atoms with E-state index in [4.69, 9.17) is 11.6 Å². The number of carbonyl (C=O) groups excluding carboxylic acids is 1. The van der Waals surface area contributed by atoms with E-state index >= 15 is 0 Å². The van der Waals surface area contributed by atoms with Crippen molar-refractivity contribution in [2.75, 3.05) is 0 Å². The molecule has 0 fully saturated rings. The lowest BCUT2D eigenvalue weighted by Crippen LogP contribution is -2.41. The van der Waals surface area contributed by atoms with Crippen molar-refractivity contribution in [2.45, 2.75) is 19.0 Å². The molecule has 0 saturated carbocycles. The molecule has 6 heteroatoms. The zero-order chi connectivity index (χ0) is 12.5. The van der Waals surface area contributed by atoms with Crippen LogP contribution in [-0.2, 0) is 4.79 Å². The van der Waals surface area contributed by atoms with Crippen molar-refractivity contribution >= 4 is 17.5 Å². The van der Waals surface area contributed by atoms with Gasteiger partial charge in [-0.05, 0) is 24.1 Å². The number of aliphatic hydroxyl groups excluding tert-OH is 1. The minimum atomic E-state index is -4.00. The summed E-state index contributed by atoms with van der Waals surface area (Å²) < 4.78 is 26.2. The van der Waals surface area contributed by atoms with Gasteiger partial charge in [0.1, 0.15) is 0 Å². The lowest BCUT2D eigenvalue weighted by molar-refractivity contribution is -0.160. The van der Waals surface area contributed by atoms with Gasteiger partial charge in [-0.25, -0.2) is 0 Å². The van der Waals surface area contributed by atoms with E-state index in [1.807, 2.05) is 0 Å². The van der Waals surface area contributed by atoms with Crippen LogP contribution >= 0.6 is 11.6 Å². The maximum Gasteiger partial charge on any atom is 0.353 e. The number of hydrogen-bond donors (Lipinski definition) is 2. The summed E-state index contributed by atoms with van der Waals surface area (Å²) in [5.74, 6) is -5.87. The van der Waals surface area contributed by atoms with Crippen molar-refractivity contribution in [3.8, 4) is 0 Å². The number of primary amides is 1. The molecular formula is C10H10ClF2NO2. The van der Waals surface area contributed by atoms with Gasteiger partial charge < -0.3 is 10.8 Å². The van der Waals surface area contributed by atoms with E-state index in [0.29, 0.717) is 10.6 Å². The Bertz CT molecular complexity index is 423. The number of halogens is 3. The van der Waals surface area contributed by atoms with Crippen LogP contribution < -0.4 is 5.73 Å². The molecule has 0 saturated heterocycles. The molecule has 0 spiro atoms. The van der Waals surface area contributed by atoms with Crippen molar-refractivity contribution < 1.29 is 18.7 Å². The summed E-state index contributed by atoms with van der Waals surface area (Å²) in [6, 6.07) is 3.87. The maximum atomic E-state index is 13.1. The first kappa shape index (κ1) is 12.9. The molecule has 1 unspecified atom stereocenters. The number of nitrogens with two attached hydrogens (primary N) is 1. The minimum Gasteiger partial charge on any atom is -0.381 e. The number of benzene rings is 1. The molecule has 3 nitrogen and oxygen atoms in total. The fourth-order valence-electron chi connectivity index (χ4n) is 1.18. The van der Waals surface area contributed by atoms with E-state index in [1.165, 1.54) is 18.2 Å². The Balaban J connectivity index is 3.10. The molecular weight excluding hydrogens is 240 g/mol. The van der Waals surface area contributed by atoms with E-state index in [-0.39, 0.29) is 5.56 Å². The number of alkyl halides is 2. The highest BCUT2D eigenvalue weighted by Crippen LogP contribution is 2.32. The third kappa shape index (κ3) is 2.31. The molecule has 0 aromatic heterocycles. The van der Waals surface area contributed by atoms with Gasteiger partial charge in [-0.2, -0.15) is 8.78 Å². The molecule has 3 N–H and O–H groups in total. The van der Waals surface area contributed by atoms with Crippen molar-refractivity contribution in [1.29, 1.82) is 0 Å². The highest BCUT2D eigenvalue weighted by atomic mass is 35.5. The average Bonchev–Trinajstić information content (AvgIpc) is 2.20. The summed E-state index contributed by atoms with van der Waals surface area (Å²) in [7, 11) is 0. The van der Waals surface area contributed by atoms with Crippen LogP contribution in [0.2, 0.25) is 5.02 Å². The van der Waals surface area contributed by atoms with Crippen LogP contribution in [0.15, 0.2) is 18.2 Å². The van der Waals surface area contributed by atoms with Gasteiger partial charge in [-0.15, -0.1) is 0 Å². The standard InChI is InChI=1S/C10H10ClF2NO2/c1-5-4-6(2-3-7(5)11)8(15)10(12,13)9(14)16/h2-4,8,15H,1H3,(H2,14,16). The SMILES string of the molecule is Cc1cc(C(O)C(F)(F)C(N)=O)ccc1Cl. The van der Waals surface area contributed by atoms with Gasteiger partial charge >= 0.3 is 5.92 Å². The van der Waals surface area contributed by atoms with Gasteiger partial charge in [-0.3, -0.25) is 4.79 Å². The molecule has 1 amide bonds. The molecule has 0 aliphatic carbocycles. The molecule has 88 valence electrons. The predicted octanol–water partition coefficient (Wildman–Crippen LogP) is 1.80. The largest absolute Gasteiger partial charge is 0.381 e. The molecule has 1 rings (SSSR count). The molecule has 0 radical (unpaired) electrons. The Morgan fingerprint density at radius 1 is 1.56 bits per heavy atom. The normalized spacial score (nSPS) is 13.6. The lowest BCUT2D eigenvalue weighted by atomic mass is 10.0.